The summed E-state index contributed by atoms with van der Waals surface area (Å²) >= 11 is 0. The van der Waals surface area contributed by atoms with Gasteiger partial charge in [-0.05, 0) is 45.4 Å². The Hall–Kier alpha value is -2.95. The fourth-order valence-corrected chi connectivity index (χ4v) is 3.32. The van der Waals surface area contributed by atoms with E-state index in [0.29, 0.717) is 12.8 Å². The number of nitrogens with zero attached hydrogens (tertiary/aromatic N) is 1. The maximum atomic E-state index is 13.0. The third-order valence-corrected chi connectivity index (χ3v) is 5.49. The van der Waals surface area contributed by atoms with E-state index in [1.165, 1.54) is 13.0 Å². The van der Waals surface area contributed by atoms with Crippen molar-refractivity contribution >= 4 is 30.7 Å². The second-order valence-corrected chi connectivity index (χ2v) is 9.67. The Morgan fingerprint density at radius 1 is 0.946 bits per heavy atom. The average molecular weight is 523 g/mol. The molecule has 0 bridgehead atoms. The second kappa shape index (κ2) is 17.5. The molecule has 0 spiro atoms. The van der Waals surface area contributed by atoms with Crippen molar-refractivity contribution in [3.63, 3.8) is 0 Å². The van der Waals surface area contributed by atoms with E-state index in [9.17, 15) is 34.3 Å². The van der Waals surface area contributed by atoms with Gasteiger partial charge >= 0.3 is 7.12 Å². The van der Waals surface area contributed by atoms with Crippen LogP contribution < -0.4 is 21.3 Å². The number of hydrogen-bond donors (Lipinski definition) is 7. The lowest BCUT2D eigenvalue weighted by molar-refractivity contribution is -0.135. The van der Waals surface area contributed by atoms with Gasteiger partial charge in [0.1, 0.15) is 23.7 Å². The molecule has 0 fully saturated rings. The number of carbonyl (C=O) groups excluding carboxylic acids is 4. The summed E-state index contributed by atoms with van der Waals surface area (Å²) in [6.45, 7) is 10.1. The van der Waals surface area contributed by atoms with Crippen LogP contribution in [0, 0.1) is 23.2 Å². The number of hydrogen-bond acceptors (Lipinski definition) is 8. The molecule has 0 saturated heterocycles. The molecule has 0 aromatic heterocycles. The monoisotopic (exact) mass is 523 g/mol. The van der Waals surface area contributed by atoms with E-state index in [0.717, 1.165) is 0 Å². The summed E-state index contributed by atoms with van der Waals surface area (Å²) < 4.78 is 0. The van der Waals surface area contributed by atoms with E-state index in [-0.39, 0.29) is 30.9 Å². The summed E-state index contributed by atoms with van der Waals surface area (Å²) in [5.74, 6) is -3.74. The molecule has 0 saturated carbocycles. The van der Waals surface area contributed by atoms with Crippen LogP contribution in [-0.4, -0.2) is 76.6 Å². The maximum absolute atomic E-state index is 13.0. The summed E-state index contributed by atoms with van der Waals surface area (Å²) in [6.07, 6.45) is 1.37. The van der Waals surface area contributed by atoms with Crippen LogP contribution in [0.1, 0.15) is 67.2 Å². The Labute approximate surface area is 219 Å². The Morgan fingerprint density at radius 3 is 2.03 bits per heavy atom. The number of allylic oxidation sites excluding steroid dienone is 1. The van der Waals surface area contributed by atoms with Crippen molar-refractivity contribution in [3.05, 3.63) is 11.6 Å². The highest BCUT2D eigenvalue weighted by molar-refractivity contribution is 6.43. The summed E-state index contributed by atoms with van der Waals surface area (Å²) in [5.41, 5.74) is -0.0177. The molecule has 0 aromatic carbocycles. The maximum Gasteiger partial charge on any atom is 0.475 e. The van der Waals surface area contributed by atoms with Crippen molar-refractivity contribution in [2.45, 2.75) is 91.4 Å². The smallest absolute Gasteiger partial charge is 0.426 e. The molecule has 0 aliphatic heterocycles. The minimum absolute atomic E-state index is 0.0177. The van der Waals surface area contributed by atoms with Gasteiger partial charge in [-0.3, -0.25) is 19.2 Å². The van der Waals surface area contributed by atoms with Crippen molar-refractivity contribution < 1.29 is 34.3 Å². The Balaban J connectivity index is 5.45. The zero-order valence-corrected chi connectivity index (χ0v) is 22.6. The minimum atomic E-state index is -1.81. The van der Waals surface area contributed by atoms with Crippen molar-refractivity contribution in [2.24, 2.45) is 11.8 Å². The van der Waals surface area contributed by atoms with E-state index in [1.807, 2.05) is 13.8 Å². The normalized spacial score (nSPS) is 14.7. The SMILES string of the molecule is C/C=C(\C#N)C(=O)NCCCC[C@H](NC(=O)[C@@H](NC(=O)C(C)C)[C@@H](C)O)C(=O)N[C@@H](CC(C)C)B(O)O. The van der Waals surface area contributed by atoms with Crippen LogP contribution in [0.15, 0.2) is 11.6 Å². The van der Waals surface area contributed by atoms with Crippen LogP contribution in [0.2, 0.25) is 0 Å². The summed E-state index contributed by atoms with van der Waals surface area (Å²) in [7, 11) is -1.81. The van der Waals surface area contributed by atoms with E-state index in [2.05, 4.69) is 21.3 Å². The van der Waals surface area contributed by atoms with Gasteiger partial charge < -0.3 is 36.4 Å². The molecule has 37 heavy (non-hydrogen) atoms. The lowest BCUT2D eigenvalue weighted by Gasteiger charge is -2.27. The highest BCUT2D eigenvalue weighted by atomic mass is 16.4. The highest BCUT2D eigenvalue weighted by Crippen LogP contribution is 2.09. The molecule has 0 unspecified atom stereocenters. The van der Waals surface area contributed by atoms with Gasteiger partial charge in [0.05, 0.1) is 12.0 Å². The molecular weight excluding hydrogens is 481 g/mol. The molecule has 0 radical (unpaired) electrons. The molecule has 0 heterocycles. The fraction of sp³-hybridized carbons (Fsp3) is 0.708. The van der Waals surface area contributed by atoms with Crippen molar-refractivity contribution in [1.29, 1.82) is 5.26 Å². The van der Waals surface area contributed by atoms with Crippen LogP contribution in [0.5, 0.6) is 0 Å². The number of nitriles is 1. The van der Waals surface area contributed by atoms with Crippen LogP contribution in [0.25, 0.3) is 0 Å². The quantitative estimate of drug-likeness (QED) is 0.0595. The lowest BCUT2D eigenvalue weighted by Crippen LogP contribution is -2.59. The predicted molar refractivity (Wildman–Crippen MR) is 138 cm³/mol. The van der Waals surface area contributed by atoms with Gasteiger partial charge in [0, 0.05) is 12.5 Å². The van der Waals surface area contributed by atoms with Gasteiger partial charge in [0.25, 0.3) is 5.91 Å². The highest BCUT2D eigenvalue weighted by Gasteiger charge is 2.33. The first-order valence-corrected chi connectivity index (χ1v) is 12.5. The molecule has 208 valence electrons. The van der Waals surface area contributed by atoms with Gasteiger partial charge in [-0.15, -0.1) is 0 Å². The zero-order chi connectivity index (χ0) is 28.7. The molecule has 7 N–H and O–H groups in total. The van der Waals surface area contributed by atoms with E-state index in [1.54, 1.807) is 26.8 Å². The van der Waals surface area contributed by atoms with Gasteiger partial charge in [-0.1, -0.05) is 33.8 Å². The molecule has 0 aliphatic rings. The first kappa shape index (κ1) is 34.1. The molecule has 0 aliphatic carbocycles. The fourth-order valence-electron chi connectivity index (χ4n) is 3.32. The number of carbonyl (C=O) groups is 4. The van der Waals surface area contributed by atoms with E-state index < -0.39 is 60.8 Å². The van der Waals surface area contributed by atoms with Gasteiger partial charge in [0.15, 0.2) is 0 Å². The average Bonchev–Trinajstić information content (AvgIpc) is 2.80. The number of nitrogens with one attached hydrogen (secondary N) is 4. The lowest BCUT2D eigenvalue weighted by atomic mass is 9.75. The van der Waals surface area contributed by atoms with Crippen LogP contribution >= 0.6 is 0 Å². The number of aliphatic hydroxyl groups excluding tert-OH is 1. The van der Waals surface area contributed by atoms with Gasteiger partial charge in [-0.2, -0.15) is 5.26 Å². The first-order valence-electron chi connectivity index (χ1n) is 12.5. The van der Waals surface area contributed by atoms with Crippen molar-refractivity contribution in [1.82, 2.24) is 21.3 Å². The number of rotatable bonds is 16. The molecule has 13 heteroatoms. The third-order valence-electron chi connectivity index (χ3n) is 5.49. The van der Waals surface area contributed by atoms with E-state index in [4.69, 9.17) is 5.26 Å². The Bertz CT molecular complexity index is 840. The predicted octanol–water partition coefficient (Wildman–Crippen LogP) is -0.708. The van der Waals surface area contributed by atoms with Gasteiger partial charge in [-0.25, -0.2) is 0 Å². The summed E-state index contributed by atoms with van der Waals surface area (Å²) in [5, 5.41) is 48.5. The molecule has 4 amide bonds. The molecular formula is C24H42BN5O7. The number of aliphatic hydroxyl groups is 1. The first-order chi connectivity index (χ1) is 17.2. The zero-order valence-electron chi connectivity index (χ0n) is 22.6. The van der Waals surface area contributed by atoms with E-state index >= 15 is 0 Å². The number of unbranched alkanes of at least 4 members (excludes halogenated alkanes) is 1. The van der Waals surface area contributed by atoms with Gasteiger partial charge in [0.2, 0.25) is 17.7 Å². The van der Waals surface area contributed by atoms with Crippen molar-refractivity contribution in [2.75, 3.05) is 6.54 Å². The largest absolute Gasteiger partial charge is 0.475 e. The van der Waals surface area contributed by atoms with Crippen LogP contribution in [-0.2, 0) is 19.2 Å². The van der Waals surface area contributed by atoms with Crippen molar-refractivity contribution in [3.8, 4) is 6.07 Å². The second-order valence-electron chi connectivity index (χ2n) is 9.67. The minimum Gasteiger partial charge on any atom is -0.426 e. The van der Waals surface area contributed by atoms with Crippen LogP contribution in [0.3, 0.4) is 0 Å². The Morgan fingerprint density at radius 2 is 1.57 bits per heavy atom. The Kier molecular flexibility index (Phi) is 16.1. The number of amides is 4. The standard InChI is InChI=1S/C24H42BN5O7/c1-7-17(13-26)22(33)27-11-9-8-10-18(23(34)29-19(25(36)37)12-14(2)3)28-24(35)20(16(6)31)30-21(32)15(4)5/h7,14-16,18-20,31,36-37H,8-12H2,1-6H3,(H,27,33)(H,28,35)(H,29,34)(H,30,32)/b17-7+/t16-,18+,19+,20+/m1/s1. The third kappa shape index (κ3) is 13.2. The molecule has 4 atom stereocenters. The summed E-state index contributed by atoms with van der Waals surface area (Å²) in [6, 6.07) is -0.628. The molecule has 0 rings (SSSR count). The topological polar surface area (TPSA) is 201 Å². The summed E-state index contributed by atoms with van der Waals surface area (Å²) in [4.78, 5) is 49.9. The molecule has 0 aromatic rings. The van der Waals surface area contributed by atoms with Crippen LogP contribution in [0.4, 0.5) is 0 Å². The molecule has 12 nitrogen and oxygen atoms in total.